The second-order valence-electron chi connectivity index (χ2n) is 0.456. The van der Waals surface area contributed by atoms with Gasteiger partial charge in [-0.1, -0.05) is 0 Å². The third kappa shape index (κ3) is 195. The van der Waals surface area contributed by atoms with Crippen molar-refractivity contribution in [2.75, 3.05) is 0 Å². The minimum absolute atomic E-state index is 0. The fourth-order valence-corrected chi connectivity index (χ4v) is 0. The summed E-state index contributed by atoms with van der Waals surface area (Å²) >= 11 is 0.382. The van der Waals surface area contributed by atoms with Crippen LogP contribution in [-0.2, 0) is 23.3 Å². The number of rotatable bonds is 0. The van der Waals surface area contributed by atoms with Crippen LogP contribution in [0.2, 0.25) is 0 Å². The first-order valence-corrected chi connectivity index (χ1v) is 5.12. The molecule has 9 heavy (non-hydrogen) atoms. The summed E-state index contributed by atoms with van der Waals surface area (Å²) in [5, 5.41) is 0. The van der Waals surface area contributed by atoms with Gasteiger partial charge in [-0.05, 0) is 0 Å². The molecule has 0 bridgehead atoms. The van der Waals surface area contributed by atoms with E-state index in [4.69, 9.17) is 37.8 Å². The molecule has 0 unspecified atom stereocenters. The van der Waals surface area contributed by atoms with Crippen LogP contribution in [-0.4, -0.2) is 40.6 Å². The van der Waals surface area contributed by atoms with E-state index in [2.05, 4.69) is 0 Å². The van der Waals surface area contributed by atoms with Gasteiger partial charge >= 0.3 is 56.2 Å². The smallest absolute Gasteiger partial charge is 2.00 e. The van der Waals surface area contributed by atoms with Gasteiger partial charge in [-0.3, -0.25) is 8.42 Å². The molecule has 0 aliphatic carbocycles. The molecule has 0 fully saturated rings. The summed E-state index contributed by atoms with van der Waals surface area (Å²) in [5.41, 5.74) is 0. The van der Waals surface area contributed by atoms with E-state index in [0.29, 0.717) is 12.9 Å². The third-order valence-corrected chi connectivity index (χ3v) is 0. The Labute approximate surface area is 83.5 Å². The molecule has 0 rings (SSSR count). The van der Waals surface area contributed by atoms with E-state index >= 15 is 0 Å². The van der Waals surface area contributed by atoms with Crippen molar-refractivity contribution >= 4 is 53.7 Å². The van der Waals surface area contributed by atoms with Crippen molar-refractivity contribution in [1.82, 2.24) is 0 Å². The van der Waals surface area contributed by atoms with Crippen molar-refractivity contribution in [3.8, 4) is 0 Å². The van der Waals surface area contributed by atoms with Gasteiger partial charge < -0.3 is 9.11 Å². The van der Waals surface area contributed by atoms with E-state index in [9.17, 15) is 0 Å². The zero-order chi connectivity index (χ0) is 7.21. The average Bonchev–Trinajstić information content (AvgIpc) is 1.27. The molecule has 0 saturated carbocycles. The maximum atomic E-state index is 8.52. The first kappa shape index (κ1) is 17.0. The maximum Gasteiger partial charge on any atom is 2.00 e. The number of hydrogen-bond acceptors (Lipinski definition) is 4. The number of hydrogen-bond donors (Lipinski definition) is 0. The Bertz CT molecular complexity index is 113. The SMILES string of the molecule is O=S(=O)([O-])[O-].[Cl][Co][Cl].[Mg+2]. The van der Waals surface area contributed by atoms with E-state index in [0.717, 1.165) is 0 Å². The normalized spacial score (nSPS) is 8.89. The molecule has 9 heteroatoms. The molecular weight excluding hydrogens is 250 g/mol. The van der Waals surface area contributed by atoms with Gasteiger partial charge in [0.1, 0.15) is 0 Å². The first-order valence-electron chi connectivity index (χ1n) is 0.919. The fourth-order valence-electron chi connectivity index (χ4n) is 0. The van der Waals surface area contributed by atoms with Crippen LogP contribution in [0, 0.1) is 0 Å². The fraction of sp³-hybridized carbons (Fsp3) is 0. The van der Waals surface area contributed by atoms with E-state index in [-0.39, 0.29) is 23.1 Å². The Balaban J connectivity index is -0.0000000800. The Morgan fingerprint density at radius 1 is 1.22 bits per heavy atom. The molecule has 0 aromatic heterocycles. The van der Waals surface area contributed by atoms with Gasteiger partial charge in [0.05, 0.1) is 0 Å². The van der Waals surface area contributed by atoms with Crippen LogP contribution < -0.4 is 0 Å². The quantitative estimate of drug-likeness (QED) is 0.334. The van der Waals surface area contributed by atoms with E-state index in [1.165, 1.54) is 0 Å². The largest absolute Gasteiger partial charge is 2.00 e. The maximum absolute atomic E-state index is 8.52. The average molecular weight is 250 g/mol. The molecule has 0 aliphatic rings. The molecule has 0 aliphatic heterocycles. The molecule has 0 spiro atoms. The van der Waals surface area contributed by atoms with Crippen LogP contribution in [0.15, 0.2) is 0 Å². The predicted molar refractivity (Wildman–Crippen MR) is 27.9 cm³/mol. The van der Waals surface area contributed by atoms with Crippen molar-refractivity contribution in [2.45, 2.75) is 0 Å². The zero-order valence-corrected chi connectivity index (χ0v) is 8.62. The molecule has 4 nitrogen and oxygen atoms in total. The Kier molecular flexibility index (Phi) is 18.4. The molecule has 0 N–H and O–H groups in total. The van der Waals surface area contributed by atoms with E-state index in [1.54, 1.807) is 0 Å². The topological polar surface area (TPSA) is 80.3 Å². The van der Waals surface area contributed by atoms with Crippen molar-refractivity contribution in [1.29, 1.82) is 0 Å². The minimum atomic E-state index is -5.17. The first-order chi connectivity index (χ1) is 3.41. The van der Waals surface area contributed by atoms with Crippen LogP contribution in [0.5, 0.6) is 0 Å². The van der Waals surface area contributed by atoms with Crippen LogP contribution >= 0.6 is 20.3 Å². The van der Waals surface area contributed by atoms with Gasteiger partial charge in [0, 0.05) is 10.4 Å². The van der Waals surface area contributed by atoms with E-state index < -0.39 is 10.4 Å². The van der Waals surface area contributed by atoms with Crippen LogP contribution in [0.4, 0.5) is 0 Å². The third-order valence-electron chi connectivity index (χ3n) is 0. The summed E-state index contributed by atoms with van der Waals surface area (Å²) in [4.78, 5) is 0. The molecule has 0 aromatic rings. The molecule has 0 amide bonds. The summed E-state index contributed by atoms with van der Waals surface area (Å²) < 4.78 is 34.1. The summed E-state index contributed by atoms with van der Waals surface area (Å²) in [6.45, 7) is 0. The summed E-state index contributed by atoms with van der Waals surface area (Å²) in [7, 11) is 4.30. The Hall–Kier alpha value is 1.72. The predicted octanol–water partition coefficient (Wildman–Crippen LogP) is -0.342. The molecule has 0 heterocycles. The molecule has 55 valence electrons. The van der Waals surface area contributed by atoms with Crippen molar-refractivity contribution < 1.29 is 30.4 Å². The van der Waals surface area contributed by atoms with Gasteiger partial charge in [-0.2, -0.15) is 0 Å². The van der Waals surface area contributed by atoms with Gasteiger partial charge in [0.2, 0.25) is 0 Å². The summed E-state index contributed by atoms with van der Waals surface area (Å²) in [6, 6.07) is 0. The van der Waals surface area contributed by atoms with Gasteiger partial charge in [-0.15, -0.1) is 0 Å². The number of halogens is 2. The van der Waals surface area contributed by atoms with Crippen LogP contribution in [0.3, 0.4) is 0 Å². The van der Waals surface area contributed by atoms with Crippen molar-refractivity contribution in [3.05, 3.63) is 0 Å². The minimum Gasteiger partial charge on any atom is 2.00 e. The zero-order valence-electron chi connectivity index (χ0n) is 3.84. The van der Waals surface area contributed by atoms with Crippen LogP contribution in [0.25, 0.3) is 0 Å². The molecule has 0 aromatic carbocycles. The molecule has 0 saturated heterocycles. The second kappa shape index (κ2) is 9.72. The van der Waals surface area contributed by atoms with Crippen molar-refractivity contribution in [3.63, 3.8) is 0 Å². The van der Waals surface area contributed by atoms with E-state index in [1.807, 2.05) is 0 Å². The van der Waals surface area contributed by atoms with Gasteiger partial charge in [0.25, 0.3) is 0 Å². The Morgan fingerprint density at radius 2 is 1.22 bits per heavy atom. The van der Waals surface area contributed by atoms with Gasteiger partial charge in [-0.25, -0.2) is 0 Å². The second-order valence-corrected chi connectivity index (χ2v) is 2.99. The summed E-state index contributed by atoms with van der Waals surface area (Å²) in [5.74, 6) is 0. The molecular formula is Cl2CoMgO4S. The standard InChI is InChI=1S/2ClH.Co.Mg.H2O4S/c;;;;1-5(2,3)4/h2*1H;;;(H2,1,2,3,4)/q;;2*+2;/p-4. The Morgan fingerprint density at radius 3 is 1.22 bits per heavy atom. The van der Waals surface area contributed by atoms with Crippen LogP contribution in [0.1, 0.15) is 0 Å². The monoisotopic (exact) mass is 249 g/mol. The molecule has 0 atom stereocenters. The summed E-state index contributed by atoms with van der Waals surface area (Å²) in [6.07, 6.45) is 0. The van der Waals surface area contributed by atoms with Gasteiger partial charge in [0.15, 0.2) is 0 Å². The molecule has 0 radical (unpaired) electrons. The van der Waals surface area contributed by atoms with Crippen molar-refractivity contribution in [2.24, 2.45) is 0 Å².